The fourth-order valence-corrected chi connectivity index (χ4v) is 2.54. The number of hydrogen-bond donors (Lipinski definition) is 1. The lowest BCUT2D eigenvalue weighted by Gasteiger charge is -2.21. The van der Waals surface area contributed by atoms with Crippen molar-refractivity contribution in [3.05, 3.63) is 40.7 Å². The Hall–Kier alpha value is -1.59. The summed E-state index contributed by atoms with van der Waals surface area (Å²) in [6, 6.07) is 5.66. The number of aromatic nitrogens is 3. The number of nitrogens with one attached hydrogen (secondary N) is 1. The lowest BCUT2D eigenvalue weighted by molar-refractivity contribution is 0.401. The number of halogens is 1. The van der Waals surface area contributed by atoms with E-state index in [-0.39, 0.29) is 6.04 Å². The highest BCUT2D eigenvalue weighted by Gasteiger charge is 2.21. The second-order valence-corrected chi connectivity index (χ2v) is 5.20. The molecule has 0 aliphatic carbocycles. The molecule has 1 aromatic heterocycles. The molecule has 1 aromatic carbocycles. The molecule has 1 heterocycles. The molecule has 1 atom stereocenters. The molecule has 0 spiro atoms. The van der Waals surface area contributed by atoms with E-state index in [0.717, 1.165) is 36.5 Å². The minimum atomic E-state index is -0.0243. The predicted octanol–water partition coefficient (Wildman–Crippen LogP) is 3.05. The Labute approximate surface area is 130 Å². The van der Waals surface area contributed by atoms with E-state index in [1.807, 2.05) is 22.9 Å². The Balaban J connectivity index is 2.45. The third-order valence-corrected chi connectivity index (χ3v) is 3.53. The van der Waals surface area contributed by atoms with E-state index in [1.165, 1.54) is 0 Å². The van der Waals surface area contributed by atoms with Crippen LogP contribution in [0.15, 0.2) is 24.4 Å². The first-order valence-electron chi connectivity index (χ1n) is 7.16. The molecule has 1 unspecified atom stereocenters. The molecule has 0 saturated heterocycles. The standard InChI is InChI=1S/C15H21ClN4O/c1-4-8-20-13(10-18-19-20)15(17-5-2)12-7-6-11(16)9-14(12)21-3/h6-7,9-10,15,17H,4-5,8H2,1-3H3. The van der Waals surface area contributed by atoms with Gasteiger partial charge < -0.3 is 10.1 Å². The quantitative estimate of drug-likeness (QED) is 0.854. The smallest absolute Gasteiger partial charge is 0.125 e. The molecular formula is C15H21ClN4O. The highest BCUT2D eigenvalue weighted by atomic mass is 35.5. The summed E-state index contributed by atoms with van der Waals surface area (Å²) in [4.78, 5) is 0. The van der Waals surface area contributed by atoms with Crippen LogP contribution in [0.4, 0.5) is 0 Å². The van der Waals surface area contributed by atoms with Gasteiger partial charge >= 0.3 is 0 Å². The highest BCUT2D eigenvalue weighted by molar-refractivity contribution is 6.30. The monoisotopic (exact) mass is 308 g/mol. The molecule has 1 N–H and O–H groups in total. The van der Waals surface area contributed by atoms with Gasteiger partial charge in [-0.05, 0) is 25.1 Å². The van der Waals surface area contributed by atoms with Crippen molar-refractivity contribution in [1.82, 2.24) is 20.3 Å². The zero-order valence-corrected chi connectivity index (χ0v) is 13.4. The second-order valence-electron chi connectivity index (χ2n) is 4.76. The van der Waals surface area contributed by atoms with Gasteiger partial charge in [0.15, 0.2) is 0 Å². The van der Waals surface area contributed by atoms with Crippen LogP contribution in [0.25, 0.3) is 0 Å². The molecule has 2 aromatic rings. The van der Waals surface area contributed by atoms with Gasteiger partial charge in [0.1, 0.15) is 5.75 Å². The zero-order chi connectivity index (χ0) is 15.2. The number of methoxy groups -OCH3 is 1. The normalized spacial score (nSPS) is 12.4. The van der Waals surface area contributed by atoms with Crippen LogP contribution < -0.4 is 10.1 Å². The molecular weight excluding hydrogens is 288 g/mol. The largest absolute Gasteiger partial charge is 0.496 e. The van der Waals surface area contributed by atoms with Crippen LogP contribution in [0.5, 0.6) is 5.75 Å². The van der Waals surface area contributed by atoms with Crippen LogP contribution >= 0.6 is 11.6 Å². The molecule has 0 amide bonds. The first kappa shape index (κ1) is 15.8. The van der Waals surface area contributed by atoms with Crippen molar-refractivity contribution in [2.24, 2.45) is 0 Å². The SMILES string of the molecule is CCCn1nncc1C(NCC)c1ccc(Cl)cc1OC. The second kappa shape index (κ2) is 7.43. The number of benzene rings is 1. The van der Waals surface area contributed by atoms with Crippen LogP contribution in [0, 0.1) is 0 Å². The molecule has 0 fully saturated rings. The maximum atomic E-state index is 6.05. The highest BCUT2D eigenvalue weighted by Crippen LogP contribution is 2.32. The lowest BCUT2D eigenvalue weighted by atomic mass is 10.0. The van der Waals surface area contributed by atoms with Crippen LogP contribution in [0.1, 0.15) is 37.6 Å². The van der Waals surface area contributed by atoms with E-state index in [0.29, 0.717) is 5.02 Å². The maximum Gasteiger partial charge on any atom is 0.125 e. The van der Waals surface area contributed by atoms with Gasteiger partial charge in [-0.3, -0.25) is 0 Å². The molecule has 0 saturated carbocycles. The van der Waals surface area contributed by atoms with Crippen LogP contribution in [0.3, 0.4) is 0 Å². The Morgan fingerprint density at radius 2 is 2.19 bits per heavy atom. The van der Waals surface area contributed by atoms with Crippen LogP contribution in [0.2, 0.25) is 5.02 Å². The number of aryl methyl sites for hydroxylation is 1. The molecule has 2 rings (SSSR count). The van der Waals surface area contributed by atoms with E-state index in [1.54, 1.807) is 13.3 Å². The first-order chi connectivity index (χ1) is 10.2. The van der Waals surface area contributed by atoms with E-state index in [9.17, 15) is 0 Å². The fraction of sp³-hybridized carbons (Fsp3) is 0.467. The zero-order valence-electron chi connectivity index (χ0n) is 12.6. The molecule has 0 aliphatic heterocycles. The van der Waals surface area contributed by atoms with Crippen molar-refractivity contribution >= 4 is 11.6 Å². The molecule has 6 heteroatoms. The van der Waals surface area contributed by atoms with Gasteiger partial charge in [0.05, 0.1) is 25.0 Å². The molecule has 0 radical (unpaired) electrons. The van der Waals surface area contributed by atoms with Gasteiger partial charge in [0, 0.05) is 17.1 Å². The van der Waals surface area contributed by atoms with Crippen molar-refractivity contribution in [2.75, 3.05) is 13.7 Å². The number of nitrogens with zero attached hydrogens (tertiary/aromatic N) is 3. The molecule has 21 heavy (non-hydrogen) atoms. The number of rotatable bonds is 7. The van der Waals surface area contributed by atoms with Crippen molar-refractivity contribution in [2.45, 2.75) is 32.9 Å². The third kappa shape index (κ3) is 3.54. The predicted molar refractivity (Wildman–Crippen MR) is 83.8 cm³/mol. The summed E-state index contributed by atoms with van der Waals surface area (Å²) < 4.78 is 7.41. The Bertz CT molecular complexity index is 585. The summed E-state index contributed by atoms with van der Waals surface area (Å²) in [5.41, 5.74) is 2.06. The van der Waals surface area contributed by atoms with Crippen molar-refractivity contribution in [3.63, 3.8) is 0 Å². The van der Waals surface area contributed by atoms with Gasteiger partial charge in [-0.15, -0.1) is 5.10 Å². The Morgan fingerprint density at radius 3 is 2.86 bits per heavy atom. The van der Waals surface area contributed by atoms with Gasteiger partial charge in [0.25, 0.3) is 0 Å². The van der Waals surface area contributed by atoms with Gasteiger partial charge in [-0.25, -0.2) is 4.68 Å². The minimum Gasteiger partial charge on any atom is -0.496 e. The third-order valence-electron chi connectivity index (χ3n) is 3.29. The summed E-state index contributed by atoms with van der Waals surface area (Å²) in [6.45, 7) is 5.86. The summed E-state index contributed by atoms with van der Waals surface area (Å²) in [5.74, 6) is 0.762. The van der Waals surface area contributed by atoms with E-state index in [4.69, 9.17) is 16.3 Å². The van der Waals surface area contributed by atoms with Crippen LogP contribution in [-0.4, -0.2) is 28.6 Å². The van der Waals surface area contributed by atoms with Gasteiger partial charge in [-0.2, -0.15) is 0 Å². The summed E-state index contributed by atoms with van der Waals surface area (Å²) in [6.07, 6.45) is 2.81. The van der Waals surface area contributed by atoms with E-state index < -0.39 is 0 Å². The molecule has 0 aliphatic rings. The molecule has 5 nitrogen and oxygen atoms in total. The average molecular weight is 309 g/mol. The van der Waals surface area contributed by atoms with Crippen molar-refractivity contribution < 1.29 is 4.74 Å². The fourth-order valence-electron chi connectivity index (χ4n) is 2.38. The number of ether oxygens (including phenoxy) is 1. The Morgan fingerprint density at radius 1 is 1.38 bits per heavy atom. The van der Waals surface area contributed by atoms with Crippen molar-refractivity contribution in [3.8, 4) is 5.75 Å². The van der Waals surface area contributed by atoms with Gasteiger partial charge in [0.2, 0.25) is 0 Å². The van der Waals surface area contributed by atoms with Crippen molar-refractivity contribution in [1.29, 1.82) is 0 Å². The summed E-state index contributed by atoms with van der Waals surface area (Å²) >= 11 is 6.05. The Kier molecular flexibility index (Phi) is 5.59. The topological polar surface area (TPSA) is 52.0 Å². The summed E-state index contributed by atoms with van der Waals surface area (Å²) in [7, 11) is 1.65. The number of hydrogen-bond acceptors (Lipinski definition) is 4. The molecule has 114 valence electrons. The first-order valence-corrected chi connectivity index (χ1v) is 7.54. The molecule has 0 bridgehead atoms. The lowest BCUT2D eigenvalue weighted by Crippen LogP contribution is -2.25. The minimum absolute atomic E-state index is 0.0243. The summed E-state index contributed by atoms with van der Waals surface area (Å²) in [5, 5.41) is 12.3. The van der Waals surface area contributed by atoms with E-state index in [2.05, 4.69) is 29.5 Å². The van der Waals surface area contributed by atoms with Crippen LogP contribution in [-0.2, 0) is 6.54 Å². The van der Waals surface area contributed by atoms with E-state index >= 15 is 0 Å². The maximum absolute atomic E-state index is 6.05. The van der Waals surface area contributed by atoms with Gasteiger partial charge in [-0.1, -0.05) is 36.7 Å². The average Bonchev–Trinajstić information content (AvgIpc) is 2.93.